The van der Waals surface area contributed by atoms with Gasteiger partial charge in [-0.1, -0.05) is 198 Å². The molecule has 0 spiro atoms. The first-order valence-electron chi connectivity index (χ1n) is 22.3. The summed E-state index contributed by atoms with van der Waals surface area (Å²) in [7, 11) is 0. The van der Waals surface area contributed by atoms with Crippen molar-refractivity contribution in [2.75, 3.05) is 4.90 Å². The van der Waals surface area contributed by atoms with Crippen LogP contribution in [-0.2, 0) is 10.8 Å². The Morgan fingerprint density at radius 3 is 1.56 bits per heavy atom. The number of rotatable bonds is 6. The van der Waals surface area contributed by atoms with E-state index in [1.165, 1.54) is 99.4 Å². The number of para-hydroxylation sites is 1. The van der Waals surface area contributed by atoms with E-state index in [9.17, 15) is 0 Å². The van der Waals surface area contributed by atoms with Gasteiger partial charge in [0, 0.05) is 27.8 Å². The molecular weight excluding hydrogens is 759 g/mol. The Hall–Kier alpha value is -7.48. The van der Waals surface area contributed by atoms with Gasteiger partial charge in [-0.3, -0.25) is 0 Å². The summed E-state index contributed by atoms with van der Waals surface area (Å²) < 4.78 is 0. The summed E-state index contributed by atoms with van der Waals surface area (Å²) >= 11 is 0. The Bertz CT molecular complexity index is 3440. The average molecular weight is 806 g/mol. The number of fused-ring (bicyclic) bond motifs is 9. The van der Waals surface area contributed by atoms with Crippen LogP contribution in [0.3, 0.4) is 0 Å². The lowest BCUT2D eigenvalue weighted by molar-refractivity contribution is 0.660. The van der Waals surface area contributed by atoms with Crippen molar-refractivity contribution in [2.24, 2.45) is 0 Å². The largest absolute Gasteiger partial charge is 0.310 e. The molecule has 0 unspecified atom stereocenters. The molecule has 300 valence electrons. The van der Waals surface area contributed by atoms with Gasteiger partial charge in [-0.25, -0.2) is 0 Å². The van der Waals surface area contributed by atoms with Gasteiger partial charge in [0.1, 0.15) is 0 Å². The maximum absolute atomic E-state index is 2.45. The summed E-state index contributed by atoms with van der Waals surface area (Å²) in [6.07, 6.45) is 0. The lowest BCUT2D eigenvalue weighted by Crippen LogP contribution is -2.15. The number of hydrogen-bond donors (Lipinski definition) is 0. The smallest absolute Gasteiger partial charge is 0.0540 e. The van der Waals surface area contributed by atoms with Crippen molar-refractivity contribution in [2.45, 2.75) is 38.5 Å². The van der Waals surface area contributed by atoms with Crippen LogP contribution >= 0.6 is 0 Å². The van der Waals surface area contributed by atoms with Crippen molar-refractivity contribution in [1.82, 2.24) is 0 Å². The fourth-order valence-electron chi connectivity index (χ4n) is 11.1. The number of benzene rings is 10. The predicted molar refractivity (Wildman–Crippen MR) is 268 cm³/mol. The molecule has 0 heterocycles. The Labute approximate surface area is 370 Å². The lowest BCUT2D eigenvalue weighted by Gasteiger charge is -2.29. The third-order valence-corrected chi connectivity index (χ3v) is 14.3. The zero-order valence-electron chi connectivity index (χ0n) is 36.2. The van der Waals surface area contributed by atoms with Crippen LogP contribution in [0.2, 0.25) is 0 Å². The molecule has 10 aromatic carbocycles. The van der Waals surface area contributed by atoms with Crippen molar-refractivity contribution in [3.05, 3.63) is 235 Å². The van der Waals surface area contributed by atoms with Gasteiger partial charge >= 0.3 is 0 Å². The Morgan fingerprint density at radius 1 is 0.302 bits per heavy atom. The zero-order chi connectivity index (χ0) is 42.5. The molecule has 10 aromatic rings. The second-order valence-electron chi connectivity index (χ2n) is 18.5. The van der Waals surface area contributed by atoms with Gasteiger partial charge in [-0.2, -0.15) is 0 Å². The van der Waals surface area contributed by atoms with Crippen LogP contribution in [0.5, 0.6) is 0 Å². The quantitative estimate of drug-likeness (QED) is 0.151. The van der Waals surface area contributed by atoms with Gasteiger partial charge in [0.15, 0.2) is 0 Å². The molecule has 1 nitrogen and oxygen atoms in total. The van der Waals surface area contributed by atoms with Gasteiger partial charge in [-0.05, 0) is 136 Å². The molecule has 0 bridgehead atoms. The van der Waals surface area contributed by atoms with E-state index in [0.717, 1.165) is 17.1 Å². The standard InChI is InChI=1S/C62H47N/c1-61(2)56-25-13-10-22-53(56)60-52(23-15-26-57(60)61)51-21-11-14-27-59(51)63(45-35-30-41(31-36-45)54-38-43-16-5-6-17-46(43)47-18-7-8-19-48(47)54)44-33-28-40(29-34-44)42-32-37-50-49-20-9-12-24-55(49)62(3,4)58(50)39-42/h5-39H,1-4H3. The molecule has 2 aliphatic carbocycles. The van der Waals surface area contributed by atoms with Crippen LogP contribution in [0, 0.1) is 0 Å². The normalized spacial score (nSPS) is 14.0. The minimum atomic E-state index is -0.0925. The fourth-order valence-corrected chi connectivity index (χ4v) is 11.1. The first-order chi connectivity index (χ1) is 30.8. The van der Waals surface area contributed by atoms with Crippen LogP contribution in [0.25, 0.3) is 77.2 Å². The highest BCUT2D eigenvalue weighted by atomic mass is 15.1. The topological polar surface area (TPSA) is 3.24 Å². The van der Waals surface area contributed by atoms with Crippen molar-refractivity contribution in [3.63, 3.8) is 0 Å². The van der Waals surface area contributed by atoms with Crippen LogP contribution in [0.15, 0.2) is 212 Å². The Morgan fingerprint density at radius 2 is 0.810 bits per heavy atom. The van der Waals surface area contributed by atoms with Gasteiger partial charge < -0.3 is 4.90 Å². The zero-order valence-corrected chi connectivity index (χ0v) is 36.2. The van der Waals surface area contributed by atoms with Gasteiger partial charge in [0.25, 0.3) is 0 Å². The Balaban J connectivity index is 1.01. The molecule has 12 rings (SSSR count). The van der Waals surface area contributed by atoms with E-state index in [-0.39, 0.29) is 10.8 Å². The lowest BCUT2D eigenvalue weighted by atomic mass is 9.81. The third-order valence-electron chi connectivity index (χ3n) is 14.3. The summed E-state index contributed by atoms with van der Waals surface area (Å²) in [5.74, 6) is 0. The Kier molecular flexibility index (Phi) is 8.30. The van der Waals surface area contributed by atoms with Crippen molar-refractivity contribution in [3.8, 4) is 55.6 Å². The first kappa shape index (κ1) is 37.3. The number of nitrogens with zero attached hydrogens (tertiary/aromatic N) is 1. The fraction of sp³-hybridized carbons (Fsp3) is 0.0968. The minimum absolute atomic E-state index is 0.0545. The molecule has 1 heteroatoms. The minimum Gasteiger partial charge on any atom is -0.310 e. The molecule has 0 aliphatic heterocycles. The van der Waals surface area contributed by atoms with Crippen molar-refractivity contribution < 1.29 is 0 Å². The first-order valence-corrected chi connectivity index (χ1v) is 22.3. The maximum atomic E-state index is 2.45. The molecule has 63 heavy (non-hydrogen) atoms. The SMILES string of the molecule is CC1(C)c2ccccc2-c2ccc(-c3ccc(N(c4ccc(-c5cc6ccccc6c6ccccc56)cc4)c4ccccc4-c4cccc5c4-c4ccccc4C5(C)C)cc3)cc21. The van der Waals surface area contributed by atoms with Gasteiger partial charge in [0.05, 0.1) is 5.69 Å². The van der Waals surface area contributed by atoms with E-state index in [2.05, 4.69) is 245 Å². The van der Waals surface area contributed by atoms with Crippen LogP contribution in [-0.4, -0.2) is 0 Å². The molecule has 0 fully saturated rings. The second-order valence-corrected chi connectivity index (χ2v) is 18.5. The molecule has 0 saturated heterocycles. The van der Waals surface area contributed by atoms with Crippen LogP contribution in [0.4, 0.5) is 17.1 Å². The summed E-state index contributed by atoms with van der Waals surface area (Å²) in [6.45, 7) is 9.44. The van der Waals surface area contributed by atoms with E-state index in [1.54, 1.807) is 0 Å². The summed E-state index contributed by atoms with van der Waals surface area (Å²) in [5, 5.41) is 5.08. The third kappa shape index (κ3) is 5.69. The maximum Gasteiger partial charge on any atom is 0.0540 e. The van der Waals surface area contributed by atoms with E-state index in [0.29, 0.717) is 0 Å². The highest BCUT2D eigenvalue weighted by molar-refractivity contribution is 6.14. The molecule has 0 atom stereocenters. The van der Waals surface area contributed by atoms with E-state index >= 15 is 0 Å². The summed E-state index contributed by atoms with van der Waals surface area (Å²) in [6, 6.07) is 79.1. The molecule has 0 saturated carbocycles. The highest BCUT2D eigenvalue weighted by Crippen LogP contribution is 2.54. The van der Waals surface area contributed by atoms with E-state index in [4.69, 9.17) is 0 Å². The molecule has 0 radical (unpaired) electrons. The van der Waals surface area contributed by atoms with E-state index in [1.807, 2.05) is 0 Å². The molecular formula is C62H47N. The number of anilines is 3. The van der Waals surface area contributed by atoms with Crippen LogP contribution < -0.4 is 4.90 Å². The van der Waals surface area contributed by atoms with Crippen LogP contribution in [0.1, 0.15) is 49.9 Å². The monoisotopic (exact) mass is 805 g/mol. The summed E-state index contributed by atoms with van der Waals surface area (Å²) in [5.41, 5.74) is 21.5. The average Bonchev–Trinajstić information content (AvgIpc) is 3.71. The van der Waals surface area contributed by atoms with Crippen molar-refractivity contribution >= 4 is 38.6 Å². The molecule has 0 aromatic heterocycles. The number of hydrogen-bond acceptors (Lipinski definition) is 1. The molecule has 0 N–H and O–H groups in total. The van der Waals surface area contributed by atoms with Gasteiger partial charge in [0.2, 0.25) is 0 Å². The summed E-state index contributed by atoms with van der Waals surface area (Å²) in [4.78, 5) is 2.45. The van der Waals surface area contributed by atoms with Crippen molar-refractivity contribution in [1.29, 1.82) is 0 Å². The predicted octanol–water partition coefficient (Wildman–Crippen LogP) is 17.1. The molecule has 2 aliphatic rings. The molecule has 0 amide bonds. The second kappa shape index (κ2) is 14.0. The highest BCUT2D eigenvalue weighted by Gasteiger charge is 2.37. The van der Waals surface area contributed by atoms with E-state index < -0.39 is 0 Å². The van der Waals surface area contributed by atoms with Gasteiger partial charge in [-0.15, -0.1) is 0 Å².